The van der Waals surface area contributed by atoms with Gasteiger partial charge >= 0.3 is 0 Å². The maximum atomic E-state index is 4.50. The standard InChI is InChI=1S/C11H21N3/c1-4-12-8-5-6-11-7-9-14(13-11)10(2)3/h7,9-10,12H,4-6,8H2,1-3H3. The first-order valence-electron chi connectivity index (χ1n) is 5.48. The first-order valence-corrected chi connectivity index (χ1v) is 5.48. The number of aryl methyl sites for hydroxylation is 1. The smallest absolute Gasteiger partial charge is 0.0625 e. The summed E-state index contributed by atoms with van der Waals surface area (Å²) in [6.45, 7) is 8.57. The average molecular weight is 195 g/mol. The highest BCUT2D eigenvalue weighted by molar-refractivity contribution is 4.99. The van der Waals surface area contributed by atoms with Gasteiger partial charge in [0.15, 0.2) is 0 Å². The van der Waals surface area contributed by atoms with Gasteiger partial charge in [-0.2, -0.15) is 5.10 Å². The van der Waals surface area contributed by atoms with Crippen LogP contribution in [-0.4, -0.2) is 22.9 Å². The molecule has 3 nitrogen and oxygen atoms in total. The quantitative estimate of drug-likeness (QED) is 0.704. The molecule has 0 atom stereocenters. The van der Waals surface area contributed by atoms with Crippen LogP contribution in [0.2, 0.25) is 0 Å². The van der Waals surface area contributed by atoms with E-state index in [0.29, 0.717) is 6.04 Å². The van der Waals surface area contributed by atoms with Crippen LogP contribution in [-0.2, 0) is 6.42 Å². The maximum Gasteiger partial charge on any atom is 0.0625 e. The fourth-order valence-electron chi connectivity index (χ4n) is 1.37. The van der Waals surface area contributed by atoms with Crippen LogP contribution in [0.25, 0.3) is 0 Å². The molecule has 0 radical (unpaired) electrons. The normalized spacial score (nSPS) is 11.1. The van der Waals surface area contributed by atoms with Crippen molar-refractivity contribution in [1.82, 2.24) is 15.1 Å². The molecule has 1 aromatic heterocycles. The van der Waals surface area contributed by atoms with Gasteiger partial charge in [0.1, 0.15) is 0 Å². The Morgan fingerprint density at radius 2 is 2.29 bits per heavy atom. The minimum Gasteiger partial charge on any atom is -0.317 e. The fraction of sp³-hybridized carbons (Fsp3) is 0.727. The van der Waals surface area contributed by atoms with Crippen molar-refractivity contribution in [1.29, 1.82) is 0 Å². The number of nitrogens with zero attached hydrogens (tertiary/aromatic N) is 2. The van der Waals surface area contributed by atoms with Gasteiger partial charge in [0.25, 0.3) is 0 Å². The Morgan fingerprint density at radius 1 is 1.50 bits per heavy atom. The van der Waals surface area contributed by atoms with E-state index in [1.165, 1.54) is 12.1 Å². The summed E-state index contributed by atoms with van der Waals surface area (Å²) < 4.78 is 2.02. The van der Waals surface area contributed by atoms with Crippen LogP contribution in [0.3, 0.4) is 0 Å². The molecular formula is C11H21N3. The first kappa shape index (κ1) is 11.2. The molecule has 3 heteroatoms. The summed E-state index contributed by atoms with van der Waals surface area (Å²) in [6.07, 6.45) is 4.31. The van der Waals surface area contributed by atoms with Crippen LogP contribution in [0.1, 0.15) is 38.9 Å². The molecule has 14 heavy (non-hydrogen) atoms. The zero-order valence-electron chi connectivity index (χ0n) is 9.45. The maximum absolute atomic E-state index is 4.50. The van der Waals surface area contributed by atoms with Crippen LogP contribution in [0.5, 0.6) is 0 Å². The summed E-state index contributed by atoms with van der Waals surface area (Å²) in [6, 6.07) is 2.59. The topological polar surface area (TPSA) is 29.9 Å². The van der Waals surface area contributed by atoms with Crippen molar-refractivity contribution in [3.05, 3.63) is 18.0 Å². The van der Waals surface area contributed by atoms with Gasteiger partial charge in [-0.05, 0) is 45.8 Å². The first-order chi connectivity index (χ1) is 6.74. The second kappa shape index (κ2) is 5.81. The molecule has 0 bridgehead atoms. The third-order valence-corrected chi connectivity index (χ3v) is 2.23. The van der Waals surface area contributed by atoms with Gasteiger partial charge < -0.3 is 5.32 Å². The van der Waals surface area contributed by atoms with Crippen molar-refractivity contribution in [2.24, 2.45) is 0 Å². The molecule has 0 aliphatic heterocycles. The molecule has 0 aliphatic carbocycles. The van der Waals surface area contributed by atoms with Crippen LogP contribution in [0.15, 0.2) is 12.3 Å². The number of aromatic nitrogens is 2. The van der Waals surface area contributed by atoms with Crippen molar-refractivity contribution in [3.63, 3.8) is 0 Å². The van der Waals surface area contributed by atoms with Crippen LogP contribution < -0.4 is 5.32 Å². The molecule has 0 saturated carbocycles. The highest BCUT2D eigenvalue weighted by Crippen LogP contribution is 2.05. The third kappa shape index (κ3) is 3.50. The Labute approximate surface area is 86.5 Å². The number of hydrogen-bond acceptors (Lipinski definition) is 2. The van der Waals surface area contributed by atoms with Crippen molar-refractivity contribution >= 4 is 0 Å². The molecule has 1 rings (SSSR count). The van der Waals surface area contributed by atoms with Crippen LogP contribution in [0, 0.1) is 0 Å². The minimum atomic E-state index is 0.470. The Balaban J connectivity index is 2.29. The molecule has 0 aliphatic rings. The van der Waals surface area contributed by atoms with Gasteiger partial charge in [-0.3, -0.25) is 4.68 Å². The minimum absolute atomic E-state index is 0.470. The predicted octanol–water partition coefficient (Wildman–Crippen LogP) is 2.01. The highest BCUT2D eigenvalue weighted by Gasteiger charge is 2.00. The lowest BCUT2D eigenvalue weighted by molar-refractivity contribution is 0.524. The summed E-state index contributed by atoms with van der Waals surface area (Å²) >= 11 is 0. The molecule has 0 aromatic carbocycles. The second-order valence-corrected chi connectivity index (χ2v) is 3.84. The largest absolute Gasteiger partial charge is 0.317 e. The van der Waals surface area contributed by atoms with E-state index in [-0.39, 0.29) is 0 Å². The molecule has 1 aromatic rings. The zero-order chi connectivity index (χ0) is 10.4. The fourth-order valence-corrected chi connectivity index (χ4v) is 1.37. The molecule has 80 valence electrons. The van der Waals surface area contributed by atoms with Gasteiger partial charge in [0.2, 0.25) is 0 Å². The Kier molecular flexibility index (Phi) is 4.66. The van der Waals surface area contributed by atoms with Gasteiger partial charge in [0.05, 0.1) is 5.69 Å². The van der Waals surface area contributed by atoms with E-state index >= 15 is 0 Å². The Bertz CT molecular complexity index is 253. The van der Waals surface area contributed by atoms with Gasteiger partial charge in [0, 0.05) is 12.2 Å². The van der Waals surface area contributed by atoms with E-state index in [1.54, 1.807) is 0 Å². The van der Waals surface area contributed by atoms with Crippen LogP contribution in [0.4, 0.5) is 0 Å². The molecule has 0 saturated heterocycles. The molecule has 0 amide bonds. The number of hydrogen-bond donors (Lipinski definition) is 1. The Hall–Kier alpha value is -0.830. The lowest BCUT2D eigenvalue weighted by Gasteiger charge is -2.03. The highest BCUT2D eigenvalue weighted by atomic mass is 15.3. The Morgan fingerprint density at radius 3 is 2.86 bits per heavy atom. The van der Waals surface area contributed by atoms with Crippen molar-refractivity contribution < 1.29 is 0 Å². The zero-order valence-corrected chi connectivity index (χ0v) is 9.45. The summed E-state index contributed by atoms with van der Waals surface area (Å²) in [5, 5.41) is 7.81. The van der Waals surface area contributed by atoms with E-state index in [4.69, 9.17) is 0 Å². The van der Waals surface area contributed by atoms with Gasteiger partial charge in [-0.1, -0.05) is 6.92 Å². The van der Waals surface area contributed by atoms with Crippen molar-refractivity contribution in [2.45, 2.75) is 39.7 Å². The van der Waals surface area contributed by atoms with Crippen molar-refractivity contribution in [2.75, 3.05) is 13.1 Å². The van der Waals surface area contributed by atoms with Gasteiger partial charge in [-0.25, -0.2) is 0 Å². The lowest BCUT2D eigenvalue weighted by atomic mass is 10.2. The van der Waals surface area contributed by atoms with E-state index in [9.17, 15) is 0 Å². The molecule has 0 unspecified atom stereocenters. The molecular weight excluding hydrogens is 174 g/mol. The van der Waals surface area contributed by atoms with E-state index < -0.39 is 0 Å². The van der Waals surface area contributed by atoms with E-state index in [2.05, 4.69) is 43.4 Å². The van der Waals surface area contributed by atoms with Crippen molar-refractivity contribution in [3.8, 4) is 0 Å². The molecule has 0 fully saturated rings. The van der Waals surface area contributed by atoms with Gasteiger partial charge in [-0.15, -0.1) is 0 Å². The average Bonchev–Trinajstić information content (AvgIpc) is 2.61. The second-order valence-electron chi connectivity index (χ2n) is 3.84. The van der Waals surface area contributed by atoms with Crippen LogP contribution >= 0.6 is 0 Å². The summed E-state index contributed by atoms with van der Waals surface area (Å²) in [5.74, 6) is 0. The lowest BCUT2D eigenvalue weighted by Crippen LogP contribution is -2.14. The monoisotopic (exact) mass is 195 g/mol. The number of rotatable bonds is 6. The SMILES string of the molecule is CCNCCCc1ccn(C(C)C)n1. The third-order valence-electron chi connectivity index (χ3n) is 2.23. The predicted molar refractivity (Wildman–Crippen MR) is 59.5 cm³/mol. The summed E-state index contributed by atoms with van der Waals surface area (Å²) in [7, 11) is 0. The summed E-state index contributed by atoms with van der Waals surface area (Å²) in [5.41, 5.74) is 1.21. The molecule has 0 spiro atoms. The summed E-state index contributed by atoms with van der Waals surface area (Å²) in [4.78, 5) is 0. The van der Waals surface area contributed by atoms with E-state index in [1.807, 2.05) is 4.68 Å². The number of nitrogens with one attached hydrogen (secondary N) is 1. The molecule has 1 heterocycles. The molecule has 1 N–H and O–H groups in total. The van der Waals surface area contributed by atoms with E-state index in [0.717, 1.165) is 19.5 Å².